The van der Waals surface area contributed by atoms with Crippen LogP contribution in [0.15, 0.2) is 54.7 Å². The number of rotatable bonds is 7. The average molecular weight is 451 g/mol. The van der Waals surface area contributed by atoms with Crippen molar-refractivity contribution in [3.63, 3.8) is 0 Å². The van der Waals surface area contributed by atoms with Crippen molar-refractivity contribution in [1.29, 1.82) is 0 Å². The maximum Gasteiger partial charge on any atom is 0.335 e. The summed E-state index contributed by atoms with van der Waals surface area (Å²) in [6, 6.07) is 14.7. The number of carboxylic acid groups (broad SMARTS) is 1. The van der Waals surface area contributed by atoms with Gasteiger partial charge in [0.2, 0.25) is 0 Å². The van der Waals surface area contributed by atoms with Gasteiger partial charge in [0.25, 0.3) is 0 Å². The molecule has 0 radical (unpaired) electrons. The number of nitrogens with zero attached hydrogens (tertiary/aromatic N) is 3. The summed E-state index contributed by atoms with van der Waals surface area (Å²) >= 11 is 5.67. The van der Waals surface area contributed by atoms with E-state index in [0.717, 1.165) is 28.3 Å². The summed E-state index contributed by atoms with van der Waals surface area (Å²) in [4.78, 5) is 17.9. The van der Waals surface area contributed by atoms with Crippen LogP contribution in [0.3, 0.4) is 0 Å². The van der Waals surface area contributed by atoms with Crippen LogP contribution in [-0.2, 0) is 0 Å². The molecule has 1 aliphatic heterocycles. The normalized spacial score (nSPS) is 18.1. The molecule has 3 aromatic rings. The molecule has 166 valence electrons. The zero-order valence-corrected chi connectivity index (χ0v) is 18.8. The Morgan fingerprint density at radius 1 is 1.19 bits per heavy atom. The summed E-state index contributed by atoms with van der Waals surface area (Å²) in [7, 11) is 0. The van der Waals surface area contributed by atoms with Crippen molar-refractivity contribution in [2.75, 3.05) is 13.2 Å². The number of pyridine rings is 1. The van der Waals surface area contributed by atoms with E-state index in [0.29, 0.717) is 18.1 Å². The highest BCUT2D eigenvalue weighted by Gasteiger charge is 2.41. The number of carboxylic acids is 1. The molecule has 0 aliphatic carbocycles. The summed E-state index contributed by atoms with van der Waals surface area (Å²) in [5.74, 6) is -0.943. The summed E-state index contributed by atoms with van der Waals surface area (Å²) in [5.41, 5.74) is 5.28. The quantitative estimate of drug-likeness (QED) is 0.474. The van der Waals surface area contributed by atoms with Crippen LogP contribution in [-0.4, -0.2) is 48.9 Å². The van der Waals surface area contributed by atoms with Gasteiger partial charge < -0.3 is 25.0 Å². The van der Waals surface area contributed by atoms with E-state index in [2.05, 4.69) is 32.8 Å². The Hall–Kier alpha value is -3.23. The van der Waals surface area contributed by atoms with Gasteiger partial charge >= 0.3 is 5.97 Å². The number of aryl methyl sites for hydroxylation is 1. The number of carbonyl (C=O) groups is 1. The lowest BCUT2D eigenvalue weighted by Crippen LogP contribution is -2.31. The van der Waals surface area contributed by atoms with E-state index in [1.807, 2.05) is 37.3 Å². The van der Waals surface area contributed by atoms with Crippen LogP contribution in [0.4, 0.5) is 0 Å². The Bertz CT molecular complexity index is 1130. The molecule has 7 nitrogen and oxygen atoms in total. The third-order valence-electron chi connectivity index (χ3n) is 5.92. The van der Waals surface area contributed by atoms with Gasteiger partial charge in [0, 0.05) is 36.4 Å². The summed E-state index contributed by atoms with van der Waals surface area (Å²) in [6.07, 6.45) is 2.39. The van der Waals surface area contributed by atoms with E-state index in [1.165, 1.54) is 0 Å². The van der Waals surface area contributed by atoms with Gasteiger partial charge in [-0.15, -0.1) is 0 Å². The van der Waals surface area contributed by atoms with Crippen molar-refractivity contribution in [3.05, 3.63) is 82.9 Å². The average Bonchev–Trinajstić information content (AvgIpc) is 3.27. The van der Waals surface area contributed by atoms with E-state index < -0.39 is 5.97 Å². The lowest BCUT2D eigenvalue weighted by molar-refractivity contribution is 0.0697. The molecule has 1 aliphatic rings. The van der Waals surface area contributed by atoms with Gasteiger partial charge in [-0.25, -0.2) is 4.79 Å². The maximum atomic E-state index is 11.2. The molecule has 0 spiro atoms. The number of hydrogen-bond acceptors (Lipinski definition) is 4. The number of benzene rings is 1. The molecule has 1 saturated heterocycles. The molecule has 0 amide bonds. The number of nitrogens with one attached hydrogen (secondary N) is 1. The molecule has 3 N–H and O–H groups in total. The summed E-state index contributed by atoms with van der Waals surface area (Å²) < 4.78 is 2.13. The van der Waals surface area contributed by atoms with Gasteiger partial charge in [-0.3, -0.25) is 4.98 Å². The Morgan fingerprint density at radius 2 is 1.94 bits per heavy atom. The van der Waals surface area contributed by atoms with Crippen LogP contribution in [0.1, 0.15) is 51.5 Å². The molecule has 3 heterocycles. The molecule has 0 saturated carbocycles. The number of aliphatic hydroxyl groups is 1. The molecule has 1 fully saturated rings. The molecular formula is C24H26N4O3S. The topological polar surface area (TPSA) is 90.6 Å². The molecule has 0 bridgehead atoms. The van der Waals surface area contributed by atoms with E-state index in [-0.39, 0.29) is 24.3 Å². The minimum absolute atomic E-state index is 0.0813. The predicted molar refractivity (Wildman–Crippen MR) is 126 cm³/mol. The molecule has 8 heteroatoms. The zero-order chi connectivity index (χ0) is 22.8. The highest BCUT2D eigenvalue weighted by molar-refractivity contribution is 7.80. The molecule has 2 aromatic heterocycles. The first-order chi connectivity index (χ1) is 15.4. The van der Waals surface area contributed by atoms with E-state index >= 15 is 0 Å². The van der Waals surface area contributed by atoms with Gasteiger partial charge in [-0.2, -0.15) is 0 Å². The third-order valence-corrected chi connectivity index (χ3v) is 6.27. The second-order valence-corrected chi connectivity index (χ2v) is 8.30. The standard InChI is InChI=1S/C24H26N4O3S/c1-15-14-19(16(2)28(15)18-9-7-17(8-10-18)23(30)31)22-21(20-6-3-4-11-25-20)26-24(32)27(22)12-5-13-29/h3-4,6-11,14,21-22,29H,5,12-13H2,1-2H3,(H,26,32)(H,30,31). The smallest absolute Gasteiger partial charge is 0.335 e. The van der Waals surface area contributed by atoms with E-state index in [4.69, 9.17) is 12.2 Å². The molecule has 32 heavy (non-hydrogen) atoms. The number of aromatic carboxylic acids is 1. The number of thiocarbonyl (C=S) groups is 1. The predicted octanol–water partition coefficient (Wildman–Crippen LogP) is 3.54. The molecule has 1 aromatic carbocycles. The molecular weight excluding hydrogens is 424 g/mol. The fraction of sp³-hybridized carbons (Fsp3) is 0.292. The first-order valence-corrected chi connectivity index (χ1v) is 10.9. The van der Waals surface area contributed by atoms with Crippen LogP contribution < -0.4 is 5.32 Å². The Kier molecular flexibility index (Phi) is 6.25. The maximum absolute atomic E-state index is 11.2. The van der Waals surface area contributed by atoms with Crippen molar-refractivity contribution in [3.8, 4) is 5.69 Å². The van der Waals surface area contributed by atoms with Gasteiger partial charge in [0.1, 0.15) is 0 Å². The number of aromatic nitrogens is 2. The second-order valence-electron chi connectivity index (χ2n) is 7.91. The van der Waals surface area contributed by atoms with Gasteiger partial charge in [-0.05, 0) is 80.5 Å². The minimum atomic E-state index is -0.943. The Labute approximate surface area is 192 Å². The first kappa shape index (κ1) is 22.0. The lowest BCUT2D eigenvalue weighted by atomic mass is 9.96. The minimum Gasteiger partial charge on any atom is -0.478 e. The second kappa shape index (κ2) is 9.10. The van der Waals surface area contributed by atoms with Crippen molar-refractivity contribution in [2.24, 2.45) is 0 Å². The van der Waals surface area contributed by atoms with Gasteiger partial charge in [0.15, 0.2) is 5.11 Å². The Morgan fingerprint density at radius 3 is 2.56 bits per heavy atom. The summed E-state index contributed by atoms with van der Waals surface area (Å²) in [5, 5.41) is 22.7. The largest absolute Gasteiger partial charge is 0.478 e. The Balaban J connectivity index is 1.79. The van der Waals surface area contributed by atoms with Crippen LogP contribution in [0.2, 0.25) is 0 Å². The first-order valence-electron chi connectivity index (χ1n) is 10.5. The summed E-state index contributed by atoms with van der Waals surface area (Å²) in [6.45, 7) is 4.83. The number of aliphatic hydroxyl groups excluding tert-OH is 1. The highest BCUT2D eigenvalue weighted by Crippen LogP contribution is 2.41. The fourth-order valence-electron chi connectivity index (χ4n) is 4.46. The van der Waals surface area contributed by atoms with Crippen molar-refractivity contribution < 1.29 is 15.0 Å². The third kappa shape index (κ3) is 3.99. The van der Waals surface area contributed by atoms with Crippen LogP contribution in [0, 0.1) is 13.8 Å². The van der Waals surface area contributed by atoms with Crippen LogP contribution >= 0.6 is 12.2 Å². The lowest BCUT2D eigenvalue weighted by Gasteiger charge is -2.28. The SMILES string of the molecule is Cc1cc(C2C(c3ccccn3)NC(=S)N2CCCO)c(C)n1-c1ccc(C(=O)O)cc1. The van der Waals surface area contributed by atoms with Gasteiger partial charge in [-0.1, -0.05) is 6.07 Å². The molecule has 2 atom stereocenters. The molecule has 2 unspecified atom stereocenters. The van der Waals surface area contributed by atoms with Crippen molar-refractivity contribution in [1.82, 2.24) is 19.8 Å². The number of hydrogen-bond donors (Lipinski definition) is 3. The van der Waals surface area contributed by atoms with Crippen molar-refractivity contribution in [2.45, 2.75) is 32.4 Å². The van der Waals surface area contributed by atoms with Gasteiger partial charge in [0.05, 0.1) is 23.3 Å². The van der Waals surface area contributed by atoms with E-state index in [9.17, 15) is 15.0 Å². The van der Waals surface area contributed by atoms with Crippen molar-refractivity contribution >= 4 is 23.3 Å². The zero-order valence-electron chi connectivity index (χ0n) is 18.0. The highest BCUT2D eigenvalue weighted by atomic mass is 32.1. The van der Waals surface area contributed by atoms with Crippen LogP contribution in [0.25, 0.3) is 5.69 Å². The van der Waals surface area contributed by atoms with E-state index in [1.54, 1.807) is 18.3 Å². The molecule has 4 rings (SSSR count). The monoisotopic (exact) mass is 450 g/mol. The fourth-order valence-corrected chi connectivity index (χ4v) is 4.80. The van der Waals surface area contributed by atoms with Crippen LogP contribution in [0.5, 0.6) is 0 Å².